The zero-order chi connectivity index (χ0) is 6.74. The van der Waals surface area contributed by atoms with Gasteiger partial charge in [0.2, 0.25) is 0 Å². The maximum atomic E-state index is 2.39. The Hall–Kier alpha value is 0.910. The first-order valence-corrected chi connectivity index (χ1v) is 6.71. The van der Waals surface area contributed by atoms with Crippen LogP contribution >= 0.6 is 7.26 Å². The molecule has 0 bridgehead atoms. The van der Waals surface area contributed by atoms with Crippen molar-refractivity contribution in [1.29, 1.82) is 0 Å². The second-order valence-electron chi connectivity index (χ2n) is 3.13. The average Bonchev–Trinajstić information content (AvgIpc) is 2.36. The third kappa shape index (κ3) is 2.20. The molecule has 1 aliphatic heterocycles. The van der Waals surface area contributed by atoms with Crippen LogP contribution in [0.4, 0.5) is 0 Å². The van der Waals surface area contributed by atoms with Gasteiger partial charge in [-0.1, -0.05) is 0 Å². The first-order valence-electron chi connectivity index (χ1n) is 4.18. The van der Waals surface area contributed by atoms with Gasteiger partial charge in [0.25, 0.3) is 0 Å². The van der Waals surface area contributed by atoms with Crippen molar-refractivity contribution in [2.75, 3.05) is 24.6 Å². The van der Waals surface area contributed by atoms with Gasteiger partial charge in [0.15, 0.2) is 0 Å². The van der Waals surface area contributed by atoms with E-state index in [1.807, 2.05) is 0 Å². The highest BCUT2D eigenvalue weighted by molar-refractivity contribution is 7.76. The molecule has 1 rings (SSSR count). The van der Waals surface area contributed by atoms with E-state index in [0.29, 0.717) is 0 Å². The number of halogens is 1. The normalized spacial score (nSPS) is 22.2. The molecule has 0 aromatic rings. The second-order valence-corrected chi connectivity index (χ2v) is 7.97. The second kappa shape index (κ2) is 4.72. The fourth-order valence-electron chi connectivity index (χ4n) is 1.86. The summed E-state index contributed by atoms with van der Waals surface area (Å²) in [6, 6.07) is 0. The molecule has 0 aromatic carbocycles. The van der Waals surface area contributed by atoms with Crippen molar-refractivity contribution in [1.82, 2.24) is 0 Å². The maximum absolute atomic E-state index is 2.39. The van der Waals surface area contributed by atoms with Gasteiger partial charge in [-0.2, -0.15) is 0 Å². The third-order valence-corrected chi connectivity index (χ3v) is 8.07. The summed E-state index contributed by atoms with van der Waals surface area (Å²) >= 11 is 0. The minimum atomic E-state index is -0.309. The van der Waals surface area contributed by atoms with Crippen molar-refractivity contribution in [3.63, 3.8) is 0 Å². The van der Waals surface area contributed by atoms with E-state index >= 15 is 0 Å². The van der Waals surface area contributed by atoms with Crippen molar-refractivity contribution in [3.05, 3.63) is 0 Å². The molecule has 0 aliphatic carbocycles. The molecule has 0 aromatic heterocycles. The van der Waals surface area contributed by atoms with Crippen molar-refractivity contribution >= 4 is 7.26 Å². The van der Waals surface area contributed by atoms with Crippen LogP contribution in [-0.4, -0.2) is 24.6 Å². The number of rotatable bonds is 2. The van der Waals surface area contributed by atoms with Gasteiger partial charge >= 0.3 is 0 Å². The third-order valence-electron chi connectivity index (χ3n) is 2.86. The molecule has 0 nitrogen and oxygen atoms in total. The molecule has 1 aliphatic rings. The van der Waals surface area contributed by atoms with Crippen LogP contribution in [0.15, 0.2) is 0 Å². The molecule has 62 valence electrons. The Balaban J connectivity index is 0.000000810. The molecule has 1 saturated heterocycles. The monoisotopic (exact) mass is 224 g/mol. The molecule has 0 amide bonds. The molecule has 0 unspecified atom stereocenters. The fraction of sp³-hybridized carbons (Fsp3) is 1.00. The highest BCUT2D eigenvalue weighted by Gasteiger charge is 2.36. The summed E-state index contributed by atoms with van der Waals surface area (Å²) in [5.41, 5.74) is 0. The van der Waals surface area contributed by atoms with E-state index in [2.05, 4.69) is 13.8 Å². The van der Waals surface area contributed by atoms with E-state index in [0.717, 1.165) is 0 Å². The van der Waals surface area contributed by atoms with Crippen molar-refractivity contribution in [2.45, 2.75) is 26.7 Å². The lowest BCUT2D eigenvalue weighted by molar-refractivity contribution is -0.00000209. The van der Waals surface area contributed by atoms with Crippen LogP contribution in [0.3, 0.4) is 0 Å². The predicted molar refractivity (Wildman–Crippen MR) is 47.0 cm³/mol. The molecule has 1 heterocycles. The number of hydrogen-bond donors (Lipinski definition) is 0. The van der Waals surface area contributed by atoms with Crippen molar-refractivity contribution in [3.8, 4) is 0 Å². The van der Waals surface area contributed by atoms with Gasteiger partial charge in [0.1, 0.15) is 0 Å². The minimum Gasteiger partial charge on any atom is -1.00 e. The Morgan fingerprint density at radius 1 is 1.00 bits per heavy atom. The molecule has 0 atom stereocenters. The van der Waals surface area contributed by atoms with E-state index in [1.165, 1.54) is 25.2 Å². The Morgan fingerprint density at radius 2 is 1.40 bits per heavy atom. The van der Waals surface area contributed by atoms with E-state index in [4.69, 9.17) is 0 Å². The zero-order valence-electron chi connectivity index (χ0n) is 7.07. The summed E-state index contributed by atoms with van der Waals surface area (Å²) in [5.74, 6) is 0. The molecule has 10 heavy (non-hydrogen) atoms. The van der Waals surface area contributed by atoms with Gasteiger partial charge in [-0.3, -0.25) is 0 Å². The van der Waals surface area contributed by atoms with Gasteiger partial charge in [0.05, 0.1) is 24.6 Å². The first-order chi connectivity index (χ1) is 4.33. The first kappa shape index (κ1) is 10.9. The SMILES string of the molecule is CC[P+]1(CC)CCCC1.[Br-]. The molecule has 0 N–H and O–H groups in total. The molecule has 2 heteroatoms. The van der Waals surface area contributed by atoms with Crippen LogP contribution in [0.5, 0.6) is 0 Å². The molecule has 0 radical (unpaired) electrons. The van der Waals surface area contributed by atoms with Crippen LogP contribution in [0.1, 0.15) is 26.7 Å². The summed E-state index contributed by atoms with van der Waals surface area (Å²) < 4.78 is 0. The Labute approximate surface area is 75.9 Å². The average molecular weight is 225 g/mol. The Kier molecular flexibility index (Phi) is 5.15. The van der Waals surface area contributed by atoms with Crippen LogP contribution in [-0.2, 0) is 0 Å². The predicted octanol–water partition coefficient (Wildman–Crippen LogP) is -0.158. The van der Waals surface area contributed by atoms with Gasteiger partial charge < -0.3 is 17.0 Å². The lowest BCUT2D eigenvalue weighted by Crippen LogP contribution is -3.00. The van der Waals surface area contributed by atoms with Gasteiger partial charge in [-0.15, -0.1) is 0 Å². The standard InChI is InChI=1S/C8H18P.BrH/c1-3-9(4-2)7-5-6-8-9;/h3-8H2,1-2H3;1H/q+1;/p-1. The summed E-state index contributed by atoms with van der Waals surface area (Å²) in [7, 11) is -0.309. The topological polar surface area (TPSA) is 0 Å². The highest BCUT2D eigenvalue weighted by Crippen LogP contribution is 2.62. The molecular weight excluding hydrogens is 207 g/mol. The van der Waals surface area contributed by atoms with Gasteiger partial charge in [-0.05, 0) is 26.7 Å². The van der Waals surface area contributed by atoms with Crippen LogP contribution < -0.4 is 17.0 Å². The van der Waals surface area contributed by atoms with Crippen LogP contribution in [0, 0.1) is 0 Å². The summed E-state index contributed by atoms with van der Waals surface area (Å²) in [5, 5.41) is 0. The summed E-state index contributed by atoms with van der Waals surface area (Å²) in [6.07, 6.45) is 9.33. The Bertz CT molecular complexity index is 81.3. The fourth-order valence-corrected chi connectivity index (χ4v) is 5.59. The maximum Gasteiger partial charge on any atom is 0.0595 e. The zero-order valence-corrected chi connectivity index (χ0v) is 9.55. The van der Waals surface area contributed by atoms with E-state index in [1.54, 1.807) is 12.3 Å². The highest BCUT2D eigenvalue weighted by atomic mass is 79.9. The molecule has 1 fully saturated rings. The van der Waals surface area contributed by atoms with Crippen LogP contribution in [0.25, 0.3) is 0 Å². The summed E-state index contributed by atoms with van der Waals surface area (Å²) in [4.78, 5) is 0. The summed E-state index contributed by atoms with van der Waals surface area (Å²) in [6.45, 7) is 4.78. The largest absolute Gasteiger partial charge is 1.00 e. The Morgan fingerprint density at radius 3 is 1.60 bits per heavy atom. The van der Waals surface area contributed by atoms with E-state index in [9.17, 15) is 0 Å². The lowest BCUT2D eigenvalue weighted by Gasteiger charge is -2.17. The van der Waals surface area contributed by atoms with E-state index in [-0.39, 0.29) is 24.2 Å². The molecular formula is C8H18BrP. The van der Waals surface area contributed by atoms with Crippen molar-refractivity contribution < 1.29 is 17.0 Å². The van der Waals surface area contributed by atoms with Gasteiger partial charge in [-0.25, -0.2) is 0 Å². The minimum absolute atomic E-state index is 0. The van der Waals surface area contributed by atoms with Crippen molar-refractivity contribution in [2.24, 2.45) is 0 Å². The molecule has 0 saturated carbocycles. The van der Waals surface area contributed by atoms with Gasteiger partial charge in [0, 0.05) is 7.26 Å². The van der Waals surface area contributed by atoms with E-state index < -0.39 is 0 Å². The smallest absolute Gasteiger partial charge is 0.0595 e. The lowest BCUT2D eigenvalue weighted by atomic mass is 10.4. The quantitative estimate of drug-likeness (QED) is 0.573. The van der Waals surface area contributed by atoms with Crippen LogP contribution in [0.2, 0.25) is 0 Å². The number of hydrogen-bond acceptors (Lipinski definition) is 0. The molecule has 0 spiro atoms.